The first-order valence-corrected chi connectivity index (χ1v) is 9.29. The lowest BCUT2D eigenvalue weighted by atomic mass is 10.1. The van der Waals surface area contributed by atoms with Crippen molar-refractivity contribution in [2.24, 2.45) is 5.92 Å². The molecule has 1 aliphatic carbocycles. The number of halogens is 2. The molecule has 0 heterocycles. The number of nitrogens with zero attached hydrogens (tertiary/aromatic N) is 1. The number of benzene rings is 1. The van der Waals surface area contributed by atoms with Gasteiger partial charge in [-0.2, -0.15) is 5.26 Å². The van der Waals surface area contributed by atoms with Crippen molar-refractivity contribution in [1.29, 1.82) is 5.26 Å². The third kappa shape index (κ3) is 3.25. The number of hydrogen-bond acceptors (Lipinski definition) is 3. The number of nitriles is 1. The molecule has 4 nitrogen and oxygen atoms in total. The highest BCUT2D eigenvalue weighted by molar-refractivity contribution is 9.11. The van der Waals surface area contributed by atoms with E-state index in [-0.39, 0.29) is 16.9 Å². The highest BCUT2D eigenvalue weighted by Crippen LogP contribution is 2.31. The maximum absolute atomic E-state index is 12.5. The summed E-state index contributed by atoms with van der Waals surface area (Å²) >= 11 is 6.64. The van der Waals surface area contributed by atoms with Crippen molar-refractivity contribution >= 4 is 41.9 Å². The van der Waals surface area contributed by atoms with Crippen LogP contribution in [0.4, 0.5) is 0 Å². The van der Waals surface area contributed by atoms with Crippen LogP contribution >= 0.6 is 31.9 Å². The average molecular weight is 422 g/mol. The molecule has 1 saturated carbocycles. The van der Waals surface area contributed by atoms with Gasteiger partial charge in [0.1, 0.15) is 0 Å². The molecule has 0 bridgehead atoms. The molecule has 1 aromatic carbocycles. The van der Waals surface area contributed by atoms with E-state index in [4.69, 9.17) is 5.26 Å². The van der Waals surface area contributed by atoms with Crippen LogP contribution in [0, 0.1) is 24.2 Å². The van der Waals surface area contributed by atoms with Gasteiger partial charge in [-0.05, 0) is 53.4 Å². The molecule has 7 heteroatoms. The second kappa shape index (κ2) is 6.14. The van der Waals surface area contributed by atoms with Gasteiger partial charge in [-0.1, -0.05) is 22.4 Å². The van der Waals surface area contributed by atoms with E-state index in [9.17, 15) is 8.42 Å². The lowest BCUT2D eigenvalue weighted by molar-refractivity contribution is 0.515. The molecule has 108 valence electrons. The highest BCUT2D eigenvalue weighted by Gasteiger charge is 2.32. The smallest absolute Gasteiger partial charge is 0.207 e. The SMILES string of the molecule is Cc1cc(Br)c(S(=O)(=O)NC2CCCC2C#N)cc1Br. The van der Waals surface area contributed by atoms with Crippen molar-refractivity contribution in [3.05, 3.63) is 26.6 Å². The number of sulfonamides is 1. The van der Waals surface area contributed by atoms with E-state index < -0.39 is 10.0 Å². The van der Waals surface area contributed by atoms with E-state index in [0.29, 0.717) is 10.9 Å². The lowest BCUT2D eigenvalue weighted by Crippen LogP contribution is -2.37. The Labute approximate surface area is 135 Å². The molecule has 2 rings (SSSR count). The fourth-order valence-corrected chi connectivity index (χ4v) is 5.34. The van der Waals surface area contributed by atoms with Crippen LogP contribution in [0.3, 0.4) is 0 Å². The Balaban J connectivity index is 2.32. The fourth-order valence-electron chi connectivity index (χ4n) is 2.35. The van der Waals surface area contributed by atoms with Gasteiger partial charge in [0.15, 0.2) is 0 Å². The second-order valence-corrected chi connectivity index (χ2v) is 8.32. The molecule has 0 spiro atoms. The summed E-state index contributed by atoms with van der Waals surface area (Å²) in [5.74, 6) is -0.238. The quantitative estimate of drug-likeness (QED) is 0.811. The summed E-state index contributed by atoms with van der Waals surface area (Å²) in [4.78, 5) is 0.193. The van der Waals surface area contributed by atoms with Gasteiger partial charge in [0.05, 0.1) is 16.9 Å². The van der Waals surface area contributed by atoms with Gasteiger partial charge < -0.3 is 0 Å². The molecule has 20 heavy (non-hydrogen) atoms. The van der Waals surface area contributed by atoms with Crippen LogP contribution in [0.1, 0.15) is 24.8 Å². The second-order valence-electron chi connectivity index (χ2n) is 4.93. The van der Waals surface area contributed by atoms with Crippen molar-refractivity contribution in [3.63, 3.8) is 0 Å². The first-order chi connectivity index (χ1) is 9.35. The van der Waals surface area contributed by atoms with Crippen molar-refractivity contribution in [2.45, 2.75) is 37.1 Å². The molecule has 0 radical (unpaired) electrons. The monoisotopic (exact) mass is 420 g/mol. The van der Waals surface area contributed by atoms with Gasteiger partial charge in [-0.25, -0.2) is 13.1 Å². The van der Waals surface area contributed by atoms with Crippen LogP contribution in [0.25, 0.3) is 0 Å². The Hall–Kier alpha value is -0.420. The molecule has 0 amide bonds. The number of aryl methyl sites for hydroxylation is 1. The zero-order valence-corrected chi connectivity index (χ0v) is 14.8. The lowest BCUT2D eigenvalue weighted by Gasteiger charge is -2.17. The molecule has 2 unspecified atom stereocenters. The molecule has 1 fully saturated rings. The van der Waals surface area contributed by atoms with Gasteiger partial charge in [-0.15, -0.1) is 0 Å². The van der Waals surface area contributed by atoms with Gasteiger partial charge >= 0.3 is 0 Å². The molecule has 1 N–H and O–H groups in total. The summed E-state index contributed by atoms with van der Waals surface area (Å²) < 4.78 is 28.8. The van der Waals surface area contributed by atoms with Crippen LogP contribution in [0.2, 0.25) is 0 Å². The van der Waals surface area contributed by atoms with Crippen molar-refractivity contribution in [1.82, 2.24) is 4.72 Å². The Bertz CT molecular complexity index is 668. The van der Waals surface area contributed by atoms with Crippen LogP contribution in [0.5, 0.6) is 0 Å². The highest BCUT2D eigenvalue weighted by atomic mass is 79.9. The Kier molecular flexibility index (Phi) is 4.90. The van der Waals surface area contributed by atoms with Crippen LogP contribution in [0.15, 0.2) is 26.0 Å². The third-order valence-corrected chi connectivity index (χ3v) is 6.79. The van der Waals surface area contributed by atoms with Crippen molar-refractivity contribution in [3.8, 4) is 6.07 Å². The maximum Gasteiger partial charge on any atom is 0.242 e. The number of rotatable bonds is 3. The molecule has 2 atom stereocenters. The van der Waals surface area contributed by atoms with Gasteiger partial charge in [0, 0.05) is 15.0 Å². The van der Waals surface area contributed by atoms with E-state index in [1.807, 2.05) is 6.92 Å². The van der Waals surface area contributed by atoms with Gasteiger partial charge in [0.25, 0.3) is 0 Å². The zero-order chi connectivity index (χ0) is 14.9. The minimum absolute atomic E-state index is 0.193. The molecular formula is C13H14Br2N2O2S. The number of hydrogen-bond donors (Lipinski definition) is 1. The minimum Gasteiger partial charge on any atom is -0.207 e. The fraction of sp³-hybridized carbons (Fsp3) is 0.462. The van der Waals surface area contributed by atoms with E-state index in [0.717, 1.165) is 22.9 Å². The standard InChI is InChI=1S/C13H14Br2N2O2S/c1-8-5-11(15)13(6-10(8)14)20(18,19)17-12-4-2-3-9(12)7-16/h5-6,9,12,17H,2-4H2,1H3. The Morgan fingerprint density at radius 1 is 1.30 bits per heavy atom. The summed E-state index contributed by atoms with van der Waals surface area (Å²) in [5.41, 5.74) is 0.951. The average Bonchev–Trinajstić information content (AvgIpc) is 2.80. The Morgan fingerprint density at radius 2 is 2.00 bits per heavy atom. The van der Waals surface area contributed by atoms with Crippen LogP contribution in [-0.2, 0) is 10.0 Å². The van der Waals surface area contributed by atoms with E-state index in [1.165, 1.54) is 0 Å². The first kappa shape index (κ1) is 16.0. The summed E-state index contributed by atoms with van der Waals surface area (Å²) in [6, 6.07) is 5.22. The molecule has 0 aliphatic heterocycles. The first-order valence-electron chi connectivity index (χ1n) is 6.23. The molecule has 1 aromatic rings. The largest absolute Gasteiger partial charge is 0.242 e. The molecule has 1 aliphatic rings. The normalized spacial score (nSPS) is 22.7. The minimum atomic E-state index is -3.63. The Morgan fingerprint density at radius 3 is 2.65 bits per heavy atom. The van der Waals surface area contributed by atoms with E-state index in [1.54, 1.807) is 12.1 Å². The summed E-state index contributed by atoms with van der Waals surface area (Å²) in [6.07, 6.45) is 2.34. The summed E-state index contributed by atoms with van der Waals surface area (Å²) in [6.45, 7) is 1.89. The number of nitrogens with one attached hydrogen (secondary N) is 1. The summed E-state index contributed by atoms with van der Waals surface area (Å²) in [7, 11) is -3.63. The molecule has 0 saturated heterocycles. The predicted molar refractivity (Wildman–Crippen MR) is 83.6 cm³/mol. The summed E-state index contributed by atoms with van der Waals surface area (Å²) in [5, 5.41) is 9.04. The van der Waals surface area contributed by atoms with E-state index in [2.05, 4.69) is 42.7 Å². The topological polar surface area (TPSA) is 70.0 Å². The van der Waals surface area contributed by atoms with Crippen LogP contribution < -0.4 is 4.72 Å². The maximum atomic E-state index is 12.5. The van der Waals surface area contributed by atoms with Gasteiger partial charge in [-0.3, -0.25) is 0 Å². The zero-order valence-electron chi connectivity index (χ0n) is 10.9. The van der Waals surface area contributed by atoms with Gasteiger partial charge in [0.2, 0.25) is 10.0 Å². The molecular weight excluding hydrogens is 408 g/mol. The molecule has 0 aromatic heterocycles. The van der Waals surface area contributed by atoms with E-state index >= 15 is 0 Å². The van der Waals surface area contributed by atoms with Crippen molar-refractivity contribution < 1.29 is 8.42 Å². The van der Waals surface area contributed by atoms with Crippen LogP contribution in [-0.4, -0.2) is 14.5 Å². The predicted octanol–water partition coefficient (Wildman–Crippen LogP) is 3.49. The third-order valence-electron chi connectivity index (χ3n) is 3.49. The van der Waals surface area contributed by atoms with Crippen molar-refractivity contribution in [2.75, 3.05) is 0 Å².